The fraction of sp³-hybridized carbons (Fsp3) is 0.0833. The van der Waals surface area contributed by atoms with Gasteiger partial charge >= 0.3 is 5.97 Å². The maximum absolute atomic E-state index is 12.7. The molecule has 0 unspecified atom stereocenters. The normalized spacial score (nSPS) is 11.1. The highest BCUT2D eigenvalue weighted by Crippen LogP contribution is 2.20. The first-order valence-electron chi connectivity index (χ1n) is 9.98. The van der Waals surface area contributed by atoms with E-state index in [1.165, 1.54) is 31.4 Å². The summed E-state index contributed by atoms with van der Waals surface area (Å²) in [6, 6.07) is 21.7. The number of nitrogens with zero attached hydrogens (tertiary/aromatic N) is 2. The molecule has 1 aromatic heterocycles. The van der Waals surface area contributed by atoms with Crippen molar-refractivity contribution in [2.24, 2.45) is 0 Å². The Morgan fingerprint density at radius 1 is 1.00 bits per heavy atom. The molecule has 4 aromatic rings. The first-order valence-corrected chi connectivity index (χ1v) is 11.5. The van der Waals surface area contributed by atoms with Crippen LogP contribution < -0.4 is 9.46 Å². The summed E-state index contributed by atoms with van der Waals surface area (Å²) >= 11 is 0. The van der Waals surface area contributed by atoms with Crippen LogP contribution >= 0.6 is 0 Å². The van der Waals surface area contributed by atoms with E-state index in [1.807, 2.05) is 30.3 Å². The molecule has 0 amide bonds. The van der Waals surface area contributed by atoms with Crippen LogP contribution in [0.25, 0.3) is 5.69 Å². The van der Waals surface area contributed by atoms with Gasteiger partial charge in [0, 0.05) is 17.4 Å². The summed E-state index contributed by atoms with van der Waals surface area (Å²) in [5, 5.41) is 4.26. The molecule has 4 rings (SSSR count). The Morgan fingerprint density at radius 2 is 1.76 bits per heavy atom. The van der Waals surface area contributed by atoms with Crippen molar-refractivity contribution < 1.29 is 22.7 Å². The number of benzene rings is 3. The van der Waals surface area contributed by atoms with E-state index >= 15 is 0 Å². The second-order valence-electron chi connectivity index (χ2n) is 7.07. The monoisotopic (exact) mass is 463 g/mol. The Balaban J connectivity index is 1.42. The number of aromatic nitrogens is 2. The highest BCUT2D eigenvalue weighted by Gasteiger charge is 2.17. The van der Waals surface area contributed by atoms with Gasteiger partial charge in [-0.05, 0) is 54.6 Å². The average molecular weight is 464 g/mol. The first kappa shape index (κ1) is 22.1. The lowest BCUT2D eigenvalue weighted by Crippen LogP contribution is -2.14. The molecular formula is C24H21N3O5S. The highest BCUT2D eigenvalue weighted by atomic mass is 32.2. The van der Waals surface area contributed by atoms with Crippen LogP contribution in [0.1, 0.15) is 15.9 Å². The van der Waals surface area contributed by atoms with Crippen LogP contribution in [-0.4, -0.2) is 31.3 Å². The lowest BCUT2D eigenvalue weighted by molar-refractivity contribution is 0.0472. The van der Waals surface area contributed by atoms with Crippen LogP contribution in [0.2, 0.25) is 0 Å². The van der Waals surface area contributed by atoms with Gasteiger partial charge in [0.05, 0.1) is 29.5 Å². The molecule has 0 bridgehead atoms. The van der Waals surface area contributed by atoms with Crippen LogP contribution in [0.3, 0.4) is 0 Å². The third kappa shape index (κ3) is 5.39. The van der Waals surface area contributed by atoms with Crippen molar-refractivity contribution in [3.05, 3.63) is 102 Å². The molecular weight excluding hydrogens is 442 g/mol. The molecule has 9 heteroatoms. The predicted molar refractivity (Wildman–Crippen MR) is 123 cm³/mol. The second kappa shape index (κ2) is 9.58. The summed E-state index contributed by atoms with van der Waals surface area (Å²) in [7, 11) is -2.37. The zero-order chi connectivity index (χ0) is 23.3. The molecule has 33 heavy (non-hydrogen) atoms. The maximum atomic E-state index is 12.7. The summed E-state index contributed by atoms with van der Waals surface area (Å²) in [5.41, 5.74) is 2.09. The molecule has 1 heterocycles. The molecule has 0 fully saturated rings. The lowest BCUT2D eigenvalue weighted by atomic mass is 10.2. The molecule has 0 saturated heterocycles. The molecule has 3 aromatic carbocycles. The summed E-state index contributed by atoms with van der Waals surface area (Å²) in [6.07, 6.45) is 3.38. The topological polar surface area (TPSA) is 99.5 Å². The van der Waals surface area contributed by atoms with Crippen molar-refractivity contribution in [2.45, 2.75) is 11.5 Å². The fourth-order valence-corrected chi connectivity index (χ4v) is 4.16. The van der Waals surface area contributed by atoms with Gasteiger partial charge in [-0.2, -0.15) is 5.10 Å². The minimum absolute atomic E-state index is 0.00669. The number of ether oxygens (including phenoxy) is 2. The number of hydrogen-bond donors (Lipinski definition) is 1. The van der Waals surface area contributed by atoms with Gasteiger partial charge < -0.3 is 9.47 Å². The summed E-state index contributed by atoms with van der Waals surface area (Å²) in [6.45, 7) is 0.00669. The quantitative estimate of drug-likeness (QED) is 0.396. The van der Waals surface area contributed by atoms with Gasteiger partial charge in [-0.3, -0.25) is 4.72 Å². The van der Waals surface area contributed by atoms with Crippen molar-refractivity contribution in [1.82, 2.24) is 9.78 Å². The minimum atomic E-state index is -3.90. The van der Waals surface area contributed by atoms with Crippen LogP contribution in [0.5, 0.6) is 5.75 Å². The van der Waals surface area contributed by atoms with E-state index in [2.05, 4.69) is 9.82 Å². The standard InChI is InChI=1S/C24H21N3O5S/c1-31-22-12-10-20(11-13-22)26-33(29,30)23-9-5-6-19(14-23)24(28)32-17-18-15-25-27(16-18)21-7-3-2-4-8-21/h2-16,26H,17H2,1H3. The summed E-state index contributed by atoms with van der Waals surface area (Å²) in [4.78, 5) is 12.5. The second-order valence-corrected chi connectivity index (χ2v) is 8.75. The van der Waals surface area contributed by atoms with E-state index < -0.39 is 16.0 Å². The zero-order valence-electron chi connectivity index (χ0n) is 17.7. The number of para-hydroxylation sites is 1. The molecule has 0 radical (unpaired) electrons. The van der Waals surface area contributed by atoms with Crippen molar-refractivity contribution in [2.75, 3.05) is 11.8 Å². The lowest BCUT2D eigenvalue weighted by Gasteiger charge is -2.10. The van der Waals surface area contributed by atoms with E-state index in [0.29, 0.717) is 17.0 Å². The Labute approximate surface area is 191 Å². The average Bonchev–Trinajstić information content (AvgIpc) is 3.32. The summed E-state index contributed by atoms with van der Waals surface area (Å²) < 4.78 is 40.1. The molecule has 0 spiro atoms. The molecule has 8 nitrogen and oxygen atoms in total. The predicted octanol–water partition coefficient (Wildman–Crippen LogP) is 4.04. The van der Waals surface area contributed by atoms with Gasteiger partial charge in [-0.15, -0.1) is 0 Å². The number of anilines is 1. The SMILES string of the molecule is COc1ccc(NS(=O)(=O)c2cccc(C(=O)OCc3cnn(-c4ccccc4)c3)c2)cc1. The first-order chi connectivity index (χ1) is 15.9. The largest absolute Gasteiger partial charge is 0.497 e. The van der Waals surface area contributed by atoms with Crippen LogP contribution in [0, 0.1) is 0 Å². The van der Waals surface area contributed by atoms with Crippen molar-refractivity contribution in [3.8, 4) is 11.4 Å². The molecule has 0 aliphatic rings. The number of nitrogens with one attached hydrogen (secondary N) is 1. The van der Waals surface area contributed by atoms with Gasteiger partial charge in [0.15, 0.2) is 0 Å². The zero-order valence-corrected chi connectivity index (χ0v) is 18.5. The molecule has 1 N–H and O–H groups in total. The minimum Gasteiger partial charge on any atom is -0.497 e. The van der Waals surface area contributed by atoms with Gasteiger partial charge in [-0.1, -0.05) is 24.3 Å². The van der Waals surface area contributed by atoms with Crippen LogP contribution in [0.4, 0.5) is 5.69 Å². The number of methoxy groups -OCH3 is 1. The van der Waals surface area contributed by atoms with Crippen molar-refractivity contribution in [3.63, 3.8) is 0 Å². The van der Waals surface area contributed by atoms with Gasteiger partial charge in [0.2, 0.25) is 0 Å². The number of rotatable bonds is 8. The third-order valence-electron chi connectivity index (χ3n) is 4.75. The van der Waals surface area contributed by atoms with Crippen LogP contribution in [0.15, 0.2) is 96.2 Å². The number of carbonyl (C=O) groups is 1. The van der Waals surface area contributed by atoms with Gasteiger partial charge in [0.25, 0.3) is 10.0 Å². The molecule has 0 aliphatic carbocycles. The summed E-state index contributed by atoms with van der Waals surface area (Å²) in [5.74, 6) is -0.0269. The third-order valence-corrected chi connectivity index (χ3v) is 6.13. The molecule has 0 atom stereocenters. The smallest absolute Gasteiger partial charge is 0.338 e. The van der Waals surface area contributed by atoms with E-state index in [4.69, 9.17) is 9.47 Å². The number of sulfonamides is 1. The number of esters is 1. The highest BCUT2D eigenvalue weighted by molar-refractivity contribution is 7.92. The van der Waals surface area contributed by atoms with Crippen molar-refractivity contribution >= 4 is 21.7 Å². The maximum Gasteiger partial charge on any atom is 0.338 e. The van der Waals surface area contributed by atoms with Crippen LogP contribution in [-0.2, 0) is 21.4 Å². The van der Waals surface area contributed by atoms with E-state index in [-0.39, 0.29) is 17.1 Å². The van der Waals surface area contributed by atoms with Gasteiger partial charge in [-0.25, -0.2) is 17.9 Å². The number of hydrogen-bond acceptors (Lipinski definition) is 6. The van der Waals surface area contributed by atoms with E-state index in [0.717, 1.165) is 5.69 Å². The molecule has 0 aliphatic heterocycles. The Bertz CT molecular complexity index is 1350. The molecule has 0 saturated carbocycles. The Morgan fingerprint density at radius 3 is 2.48 bits per heavy atom. The van der Waals surface area contributed by atoms with Crippen molar-refractivity contribution in [1.29, 1.82) is 0 Å². The van der Waals surface area contributed by atoms with E-state index in [9.17, 15) is 13.2 Å². The van der Waals surface area contributed by atoms with Gasteiger partial charge in [0.1, 0.15) is 12.4 Å². The Hall–Kier alpha value is -4.11. The van der Waals surface area contributed by atoms with E-state index in [1.54, 1.807) is 41.3 Å². The number of carbonyl (C=O) groups excluding carboxylic acids is 1. The Kier molecular flexibility index (Phi) is 6.41. The fourth-order valence-electron chi connectivity index (χ4n) is 3.05. The molecule has 168 valence electrons.